The highest BCUT2D eigenvalue weighted by Crippen LogP contribution is 2.25. The number of rotatable bonds is 6. The van der Waals surface area contributed by atoms with Crippen LogP contribution >= 0.6 is 0 Å². The second-order valence-corrected chi connectivity index (χ2v) is 5.17. The van der Waals surface area contributed by atoms with E-state index in [4.69, 9.17) is 10.5 Å². The van der Waals surface area contributed by atoms with Gasteiger partial charge in [-0.25, -0.2) is 0 Å². The summed E-state index contributed by atoms with van der Waals surface area (Å²) >= 11 is 0. The highest BCUT2D eigenvalue weighted by Gasteiger charge is 2.03. The fraction of sp³-hybridized carbons (Fsp3) is 0.333. The van der Waals surface area contributed by atoms with E-state index in [0.717, 1.165) is 24.3 Å². The molecule has 0 aliphatic heterocycles. The summed E-state index contributed by atoms with van der Waals surface area (Å²) in [5, 5.41) is 0. The van der Waals surface area contributed by atoms with E-state index in [-0.39, 0.29) is 0 Å². The topological polar surface area (TPSA) is 35.2 Å². The first-order chi connectivity index (χ1) is 9.72. The molecule has 106 valence electrons. The summed E-state index contributed by atoms with van der Waals surface area (Å²) in [6, 6.07) is 16.5. The highest BCUT2D eigenvalue weighted by atomic mass is 16.5. The van der Waals surface area contributed by atoms with Gasteiger partial charge < -0.3 is 10.5 Å². The van der Waals surface area contributed by atoms with E-state index in [2.05, 4.69) is 38.1 Å². The van der Waals surface area contributed by atoms with Crippen molar-refractivity contribution >= 4 is 0 Å². The van der Waals surface area contributed by atoms with Crippen LogP contribution in [0.25, 0.3) is 0 Å². The summed E-state index contributed by atoms with van der Waals surface area (Å²) in [5.41, 5.74) is 8.15. The van der Waals surface area contributed by atoms with Crippen molar-refractivity contribution < 1.29 is 4.74 Å². The molecule has 2 aromatic rings. The molecule has 0 radical (unpaired) electrons. The number of hydrogen-bond acceptors (Lipinski definition) is 2. The quantitative estimate of drug-likeness (QED) is 0.838. The maximum atomic E-state index is 5.89. The van der Waals surface area contributed by atoms with Gasteiger partial charge in [0, 0.05) is 0 Å². The Hall–Kier alpha value is -1.80. The molecule has 2 heteroatoms. The van der Waals surface area contributed by atoms with Crippen LogP contribution in [-0.2, 0) is 6.42 Å². The summed E-state index contributed by atoms with van der Waals surface area (Å²) in [4.78, 5) is 0. The lowest BCUT2D eigenvalue weighted by Crippen LogP contribution is -2.02. The SMILES string of the molecule is CCC(C)c1ccc(Oc2cccc(CCN)c2)cc1. The summed E-state index contributed by atoms with van der Waals surface area (Å²) in [6.45, 7) is 5.11. The van der Waals surface area contributed by atoms with Crippen molar-refractivity contribution in [1.82, 2.24) is 0 Å². The van der Waals surface area contributed by atoms with E-state index in [0.29, 0.717) is 12.5 Å². The Balaban J connectivity index is 2.08. The highest BCUT2D eigenvalue weighted by molar-refractivity contribution is 5.36. The molecule has 0 bridgehead atoms. The van der Waals surface area contributed by atoms with Crippen molar-refractivity contribution in [2.24, 2.45) is 5.73 Å². The van der Waals surface area contributed by atoms with Gasteiger partial charge in [-0.05, 0) is 60.7 Å². The molecule has 0 spiro atoms. The van der Waals surface area contributed by atoms with Crippen molar-refractivity contribution in [3.05, 3.63) is 59.7 Å². The fourth-order valence-electron chi connectivity index (χ4n) is 2.17. The standard InChI is InChI=1S/C18H23NO/c1-3-14(2)16-7-9-17(10-8-16)20-18-6-4-5-15(13-18)11-12-19/h4-10,13-14H,3,11-12,19H2,1-2H3. The minimum atomic E-state index is 0.594. The Morgan fingerprint density at radius 1 is 1.05 bits per heavy atom. The lowest BCUT2D eigenvalue weighted by atomic mass is 9.99. The summed E-state index contributed by atoms with van der Waals surface area (Å²) in [5.74, 6) is 2.34. The normalized spacial score (nSPS) is 12.2. The van der Waals surface area contributed by atoms with Crippen molar-refractivity contribution in [2.75, 3.05) is 6.54 Å². The van der Waals surface area contributed by atoms with Gasteiger partial charge in [-0.2, -0.15) is 0 Å². The Labute approximate surface area is 121 Å². The Morgan fingerprint density at radius 3 is 2.45 bits per heavy atom. The first-order valence-electron chi connectivity index (χ1n) is 7.29. The van der Waals surface area contributed by atoms with Gasteiger partial charge in [0.25, 0.3) is 0 Å². The van der Waals surface area contributed by atoms with Gasteiger partial charge in [0.1, 0.15) is 11.5 Å². The predicted octanol–water partition coefficient (Wildman–Crippen LogP) is 4.49. The van der Waals surface area contributed by atoms with Gasteiger partial charge in [0.05, 0.1) is 0 Å². The molecule has 0 aromatic heterocycles. The second-order valence-electron chi connectivity index (χ2n) is 5.17. The molecular weight excluding hydrogens is 246 g/mol. The van der Waals surface area contributed by atoms with Crippen LogP contribution < -0.4 is 10.5 Å². The molecule has 0 saturated heterocycles. The molecular formula is C18H23NO. The van der Waals surface area contributed by atoms with Crippen LogP contribution in [0.4, 0.5) is 0 Å². The van der Waals surface area contributed by atoms with Crippen LogP contribution in [0.2, 0.25) is 0 Å². The zero-order valence-corrected chi connectivity index (χ0v) is 12.3. The zero-order valence-electron chi connectivity index (χ0n) is 12.3. The first-order valence-corrected chi connectivity index (χ1v) is 7.29. The third-order valence-corrected chi connectivity index (χ3v) is 3.63. The van der Waals surface area contributed by atoms with Gasteiger partial charge in [0.2, 0.25) is 0 Å². The molecule has 2 rings (SSSR count). The van der Waals surface area contributed by atoms with Crippen LogP contribution in [-0.4, -0.2) is 6.54 Å². The molecule has 1 atom stereocenters. The van der Waals surface area contributed by atoms with E-state index in [1.54, 1.807) is 0 Å². The largest absolute Gasteiger partial charge is 0.457 e. The minimum Gasteiger partial charge on any atom is -0.457 e. The Bertz CT molecular complexity index is 533. The molecule has 20 heavy (non-hydrogen) atoms. The summed E-state index contributed by atoms with van der Waals surface area (Å²) in [7, 11) is 0. The third kappa shape index (κ3) is 3.84. The number of benzene rings is 2. The third-order valence-electron chi connectivity index (χ3n) is 3.63. The van der Waals surface area contributed by atoms with Crippen molar-refractivity contribution in [2.45, 2.75) is 32.6 Å². The molecule has 0 heterocycles. The van der Waals surface area contributed by atoms with Crippen molar-refractivity contribution in [3.8, 4) is 11.5 Å². The first kappa shape index (κ1) is 14.6. The number of hydrogen-bond donors (Lipinski definition) is 1. The Kier molecular flexibility index (Phi) is 5.19. The zero-order chi connectivity index (χ0) is 14.4. The molecule has 0 aliphatic carbocycles. The lowest BCUT2D eigenvalue weighted by Gasteiger charge is -2.11. The molecule has 2 nitrogen and oxygen atoms in total. The van der Waals surface area contributed by atoms with Crippen LogP contribution in [0.5, 0.6) is 11.5 Å². The smallest absolute Gasteiger partial charge is 0.127 e. The Morgan fingerprint density at radius 2 is 1.80 bits per heavy atom. The van der Waals surface area contributed by atoms with Gasteiger partial charge in [-0.15, -0.1) is 0 Å². The minimum absolute atomic E-state index is 0.594. The van der Waals surface area contributed by atoms with E-state index < -0.39 is 0 Å². The van der Waals surface area contributed by atoms with E-state index in [1.165, 1.54) is 11.1 Å². The lowest BCUT2D eigenvalue weighted by molar-refractivity contribution is 0.481. The maximum absolute atomic E-state index is 5.89. The van der Waals surface area contributed by atoms with Crippen molar-refractivity contribution in [3.63, 3.8) is 0 Å². The molecule has 1 unspecified atom stereocenters. The van der Waals surface area contributed by atoms with Crippen LogP contribution in [0.1, 0.15) is 37.3 Å². The van der Waals surface area contributed by atoms with Crippen LogP contribution in [0.3, 0.4) is 0 Å². The average molecular weight is 269 g/mol. The van der Waals surface area contributed by atoms with Gasteiger partial charge in [-0.3, -0.25) is 0 Å². The fourth-order valence-corrected chi connectivity index (χ4v) is 2.17. The van der Waals surface area contributed by atoms with Crippen molar-refractivity contribution in [1.29, 1.82) is 0 Å². The summed E-state index contributed by atoms with van der Waals surface area (Å²) in [6.07, 6.45) is 2.03. The number of ether oxygens (including phenoxy) is 1. The van der Waals surface area contributed by atoms with Gasteiger partial charge >= 0.3 is 0 Å². The predicted molar refractivity (Wildman–Crippen MR) is 84.4 cm³/mol. The number of nitrogens with two attached hydrogens (primary N) is 1. The monoisotopic (exact) mass is 269 g/mol. The average Bonchev–Trinajstić information content (AvgIpc) is 2.48. The molecule has 0 fully saturated rings. The molecule has 0 aliphatic rings. The molecule has 0 saturated carbocycles. The van der Waals surface area contributed by atoms with E-state index >= 15 is 0 Å². The second kappa shape index (κ2) is 7.11. The van der Waals surface area contributed by atoms with E-state index in [9.17, 15) is 0 Å². The van der Waals surface area contributed by atoms with Crippen LogP contribution in [0.15, 0.2) is 48.5 Å². The van der Waals surface area contributed by atoms with Gasteiger partial charge in [-0.1, -0.05) is 38.1 Å². The van der Waals surface area contributed by atoms with Crippen LogP contribution in [0, 0.1) is 0 Å². The van der Waals surface area contributed by atoms with E-state index in [1.807, 2.05) is 24.3 Å². The molecule has 2 aromatic carbocycles. The maximum Gasteiger partial charge on any atom is 0.127 e. The summed E-state index contributed by atoms with van der Waals surface area (Å²) < 4.78 is 5.89. The molecule has 2 N–H and O–H groups in total. The molecule has 0 amide bonds. The van der Waals surface area contributed by atoms with Gasteiger partial charge in [0.15, 0.2) is 0 Å².